The smallest absolute Gasteiger partial charge is 0.337 e. The molecule has 41 heavy (non-hydrogen) atoms. The van der Waals surface area contributed by atoms with Gasteiger partial charge in [0.1, 0.15) is 0 Å². The number of carbonyl (C=O) groups excluding carboxylic acids is 4. The number of nitrogens with zero attached hydrogens (tertiary/aromatic N) is 1. The zero-order valence-electron chi connectivity index (χ0n) is 22.4. The van der Waals surface area contributed by atoms with Crippen LogP contribution in [0.25, 0.3) is 11.3 Å². The first kappa shape index (κ1) is 27.6. The lowest BCUT2D eigenvalue weighted by molar-refractivity contribution is -0.124. The molecule has 2 heterocycles. The molecule has 2 aliphatic rings. The monoisotopic (exact) mass is 555 g/mol. The molecular formula is C30H29N5O6. The molecule has 5 rings (SSSR count). The minimum Gasteiger partial charge on any atom is -0.465 e. The number of hydroxylamine groups is 1. The van der Waals surface area contributed by atoms with Gasteiger partial charge in [-0.3, -0.25) is 24.1 Å². The number of piperazine rings is 1. The first-order valence-electron chi connectivity index (χ1n) is 13.0. The average molecular weight is 556 g/mol. The van der Waals surface area contributed by atoms with Gasteiger partial charge in [-0.05, 0) is 42.0 Å². The molecule has 3 aromatic rings. The van der Waals surface area contributed by atoms with Crippen molar-refractivity contribution in [2.24, 2.45) is 0 Å². The molecular weight excluding hydrogens is 526 g/mol. The lowest BCUT2D eigenvalue weighted by Crippen LogP contribution is -2.48. The third-order valence-electron chi connectivity index (χ3n) is 6.71. The Morgan fingerprint density at radius 1 is 0.951 bits per heavy atom. The topological polar surface area (TPSA) is 138 Å². The zero-order valence-corrected chi connectivity index (χ0v) is 22.4. The molecule has 11 heteroatoms. The Morgan fingerprint density at radius 3 is 2.44 bits per heavy atom. The third kappa shape index (κ3) is 6.43. The molecule has 0 saturated carbocycles. The van der Waals surface area contributed by atoms with Crippen LogP contribution in [0.1, 0.15) is 31.8 Å². The largest absolute Gasteiger partial charge is 0.465 e. The molecule has 11 nitrogen and oxygen atoms in total. The summed E-state index contributed by atoms with van der Waals surface area (Å²) in [5.41, 5.74) is 6.74. The van der Waals surface area contributed by atoms with Gasteiger partial charge in [0.15, 0.2) is 0 Å². The lowest BCUT2D eigenvalue weighted by atomic mass is 9.99. The van der Waals surface area contributed by atoms with Crippen molar-refractivity contribution in [1.29, 1.82) is 0 Å². The number of fused-ring (bicyclic) bond motifs is 1. The van der Waals surface area contributed by atoms with Crippen molar-refractivity contribution in [3.05, 3.63) is 95.1 Å². The van der Waals surface area contributed by atoms with Crippen LogP contribution in [0.15, 0.2) is 72.8 Å². The fourth-order valence-corrected chi connectivity index (χ4v) is 4.63. The van der Waals surface area contributed by atoms with E-state index in [-0.39, 0.29) is 18.4 Å². The van der Waals surface area contributed by atoms with E-state index >= 15 is 0 Å². The highest BCUT2D eigenvalue weighted by Gasteiger charge is 2.29. The van der Waals surface area contributed by atoms with Gasteiger partial charge < -0.3 is 20.7 Å². The predicted octanol–water partition coefficient (Wildman–Crippen LogP) is 2.50. The van der Waals surface area contributed by atoms with Gasteiger partial charge in [0.25, 0.3) is 11.8 Å². The van der Waals surface area contributed by atoms with Gasteiger partial charge in [-0.25, -0.2) is 10.3 Å². The Kier molecular flexibility index (Phi) is 8.37. The van der Waals surface area contributed by atoms with E-state index in [0.717, 1.165) is 12.1 Å². The summed E-state index contributed by atoms with van der Waals surface area (Å²) < 4.78 is 4.80. The number of hydrogen-bond donors (Lipinski definition) is 4. The number of nitrogens with one attached hydrogen (secondary N) is 4. The molecule has 0 radical (unpaired) electrons. The van der Waals surface area contributed by atoms with Crippen molar-refractivity contribution in [1.82, 2.24) is 15.7 Å². The van der Waals surface area contributed by atoms with E-state index < -0.39 is 11.9 Å². The first-order valence-corrected chi connectivity index (χ1v) is 13.0. The average Bonchev–Trinajstić information content (AvgIpc) is 3.33. The van der Waals surface area contributed by atoms with Crippen LogP contribution >= 0.6 is 0 Å². The van der Waals surface area contributed by atoms with E-state index in [1.165, 1.54) is 7.11 Å². The molecule has 0 atom stereocenters. The van der Waals surface area contributed by atoms with Gasteiger partial charge in [0.2, 0.25) is 5.91 Å². The molecule has 1 fully saturated rings. The number of ether oxygens (including phenoxy) is 1. The van der Waals surface area contributed by atoms with Crippen LogP contribution in [0.2, 0.25) is 0 Å². The Morgan fingerprint density at radius 2 is 1.71 bits per heavy atom. The number of benzene rings is 3. The van der Waals surface area contributed by atoms with E-state index in [2.05, 4.69) is 21.4 Å². The van der Waals surface area contributed by atoms with Crippen LogP contribution in [0.5, 0.6) is 0 Å². The predicted molar refractivity (Wildman–Crippen MR) is 153 cm³/mol. The second-order valence-corrected chi connectivity index (χ2v) is 9.43. The summed E-state index contributed by atoms with van der Waals surface area (Å²) in [6, 6.07) is 21.1. The van der Waals surface area contributed by atoms with Crippen LogP contribution in [-0.2, 0) is 19.2 Å². The van der Waals surface area contributed by atoms with Crippen molar-refractivity contribution in [2.45, 2.75) is 0 Å². The van der Waals surface area contributed by atoms with Crippen LogP contribution in [0.3, 0.4) is 0 Å². The summed E-state index contributed by atoms with van der Waals surface area (Å²) in [5, 5.41) is 8.95. The molecule has 4 N–H and O–H groups in total. The minimum atomic E-state index is -0.494. The van der Waals surface area contributed by atoms with Crippen molar-refractivity contribution >= 4 is 46.3 Å². The maximum atomic E-state index is 13.2. The fourth-order valence-electron chi connectivity index (χ4n) is 4.63. The molecule has 0 aromatic heterocycles. The molecule has 2 aliphatic heterocycles. The number of esters is 1. The second kappa shape index (κ2) is 12.5. The Bertz CT molecular complexity index is 1500. The Labute approximate surface area is 236 Å². The summed E-state index contributed by atoms with van der Waals surface area (Å²) in [7, 11) is 1.30. The molecule has 210 valence electrons. The van der Waals surface area contributed by atoms with Gasteiger partial charge in [-0.1, -0.05) is 36.4 Å². The van der Waals surface area contributed by atoms with E-state index in [1.807, 2.05) is 35.2 Å². The number of anilines is 2. The molecule has 1 saturated heterocycles. The van der Waals surface area contributed by atoms with E-state index in [1.54, 1.807) is 42.5 Å². The van der Waals surface area contributed by atoms with Crippen molar-refractivity contribution in [2.75, 3.05) is 50.5 Å². The first-order chi connectivity index (χ1) is 19.9. The molecule has 0 spiro atoms. The van der Waals surface area contributed by atoms with E-state index in [9.17, 15) is 19.2 Å². The molecule has 0 aliphatic carbocycles. The van der Waals surface area contributed by atoms with Gasteiger partial charge in [0, 0.05) is 36.4 Å². The standard InChI is InChI=1S/C30H29N5O6/c1-40-30(39)21-9-12-23-24(17-21)33-29(38)26(23)27(19-5-3-2-4-6-19)32-22-10-7-20(8-11-22)28(37)34-41-16-15-35-14-13-31-25(36)18-35/h2-12,17,32H,13-16,18H2,1H3,(H,31,36)(H,33,38)(H,34,37)/b27-26+. The normalized spacial score (nSPS) is 15.8. The quantitative estimate of drug-likeness (QED) is 0.137. The van der Waals surface area contributed by atoms with Gasteiger partial charge >= 0.3 is 5.97 Å². The minimum absolute atomic E-state index is 0.0227. The summed E-state index contributed by atoms with van der Waals surface area (Å²) in [5.74, 6) is -1.23. The zero-order chi connectivity index (χ0) is 28.8. The van der Waals surface area contributed by atoms with Gasteiger partial charge in [-0.15, -0.1) is 0 Å². The molecule has 0 bridgehead atoms. The summed E-state index contributed by atoms with van der Waals surface area (Å²) in [4.78, 5) is 56.4. The van der Waals surface area contributed by atoms with Crippen LogP contribution < -0.4 is 21.4 Å². The Hall–Kier alpha value is -5.00. The maximum Gasteiger partial charge on any atom is 0.337 e. The fraction of sp³-hybridized carbons (Fsp3) is 0.200. The molecule has 3 amide bonds. The van der Waals surface area contributed by atoms with Gasteiger partial charge in [-0.2, -0.15) is 0 Å². The number of rotatable bonds is 9. The maximum absolute atomic E-state index is 13.2. The third-order valence-corrected chi connectivity index (χ3v) is 6.71. The summed E-state index contributed by atoms with van der Waals surface area (Å²) in [6.45, 7) is 2.42. The number of hydrogen-bond acceptors (Lipinski definition) is 8. The second-order valence-electron chi connectivity index (χ2n) is 9.43. The molecule has 3 aromatic carbocycles. The summed E-state index contributed by atoms with van der Waals surface area (Å²) >= 11 is 0. The lowest BCUT2D eigenvalue weighted by Gasteiger charge is -2.25. The van der Waals surface area contributed by atoms with Crippen molar-refractivity contribution in [3.63, 3.8) is 0 Å². The highest BCUT2D eigenvalue weighted by molar-refractivity contribution is 6.37. The summed E-state index contributed by atoms with van der Waals surface area (Å²) in [6.07, 6.45) is 0. The van der Waals surface area contributed by atoms with E-state index in [0.29, 0.717) is 59.0 Å². The SMILES string of the molecule is COC(=O)c1ccc2c(c1)NC(=O)/C2=C(/Nc1ccc(C(=O)NOCCN2CCNC(=O)C2)cc1)c1ccccc1. The molecule has 0 unspecified atom stereocenters. The van der Waals surface area contributed by atoms with Crippen molar-refractivity contribution < 1.29 is 28.8 Å². The number of methoxy groups -OCH3 is 1. The van der Waals surface area contributed by atoms with Crippen molar-refractivity contribution in [3.8, 4) is 0 Å². The Balaban J connectivity index is 1.31. The van der Waals surface area contributed by atoms with E-state index in [4.69, 9.17) is 9.57 Å². The highest BCUT2D eigenvalue weighted by atomic mass is 16.7. The number of amides is 3. The highest BCUT2D eigenvalue weighted by Crippen LogP contribution is 2.38. The van der Waals surface area contributed by atoms with Crippen LogP contribution in [0, 0.1) is 0 Å². The van der Waals surface area contributed by atoms with Gasteiger partial charge in [0.05, 0.1) is 42.8 Å². The van der Waals surface area contributed by atoms with Crippen LogP contribution in [-0.4, -0.2) is 68.5 Å². The van der Waals surface area contributed by atoms with Crippen LogP contribution in [0.4, 0.5) is 11.4 Å². The number of carbonyl (C=O) groups is 4.